The van der Waals surface area contributed by atoms with Crippen molar-refractivity contribution in [1.29, 1.82) is 0 Å². The number of aromatic nitrogens is 4. The van der Waals surface area contributed by atoms with Crippen LogP contribution in [0, 0.1) is 11.8 Å². The Labute approximate surface area is 185 Å². The van der Waals surface area contributed by atoms with E-state index in [9.17, 15) is 4.79 Å². The van der Waals surface area contributed by atoms with Crippen molar-refractivity contribution in [2.75, 3.05) is 5.32 Å². The van der Waals surface area contributed by atoms with Gasteiger partial charge < -0.3 is 5.32 Å². The molecule has 3 heterocycles. The third-order valence-corrected chi connectivity index (χ3v) is 6.65. The summed E-state index contributed by atoms with van der Waals surface area (Å²) in [5, 5.41) is 9.43. The quantitative estimate of drug-likeness (QED) is 0.454. The fraction of sp³-hybridized carbons (Fsp3) is 0.333. The highest BCUT2D eigenvalue weighted by Crippen LogP contribution is 2.43. The van der Waals surface area contributed by atoms with Crippen LogP contribution in [-0.2, 0) is 11.8 Å². The number of aryl methyl sites for hydroxylation is 1. The lowest BCUT2D eigenvalue weighted by Crippen LogP contribution is -2.14. The largest absolute Gasteiger partial charge is 0.316 e. The Morgan fingerprint density at radius 3 is 2.81 bits per heavy atom. The lowest BCUT2D eigenvalue weighted by Gasteiger charge is -2.10. The third kappa shape index (κ3) is 3.74. The van der Waals surface area contributed by atoms with E-state index in [2.05, 4.69) is 37.3 Å². The fourth-order valence-corrected chi connectivity index (χ4v) is 4.73. The molecule has 0 radical (unpaired) electrons. The van der Waals surface area contributed by atoms with E-state index in [-0.39, 0.29) is 11.8 Å². The zero-order chi connectivity index (χ0) is 21.7. The van der Waals surface area contributed by atoms with Crippen LogP contribution in [0.1, 0.15) is 38.8 Å². The Morgan fingerprint density at radius 2 is 2.06 bits per heavy atom. The molecule has 0 bridgehead atoms. The number of benzene rings is 1. The first-order chi connectivity index (χ1) is 14.9. The SMILES string of the molecule is CC(C)c1cccc(-c2c(-c3ccc4nn(C)cc4c3)nsc2NC(=O)C2C[C@H]2C)n1. The van der Waals surface area contributed by atoms with Crippen molar-refractivity contribution in [3.8, 4) is 22.5 Å². The minimum Gasteiger partial charge on any atom is -0.316 e. The van der Waals surface area contributed by atoms with Crippen LogP contribution >= 0.6 is 11.5 Å². The molecule has 5 rings (SSSR count). The summed E-state index contributed by atoms with van der Waals surface area (Å²) in [6, 6.07) is 12.2. The summed E-state index contributed by atoms with van der Waals surface area (Å²) in [7, 11) is 1.92. The maximum atomic E-state index is 12.7. The zero-order valence-electron chi connectivity index (χ0n) is 18.1. The van der Waals surface area contributed by atoms with E-state index in [0.717, 1.165) is 50.5 Å². The van der Waals surface area contributed by atoms with Gasteiger partial charge in [0.15, 0.2) is 0 Å². The number of anilines is 1. The van der Waals surface area contributed by atoms with Crippen molar-refractivity contribution in [1.82, 2.24) is 19.1 Å². The van der Waals surface area contributed by atoms with E-state index in [1.54, 1.807) is 0 Å². The summed E-state index contributed by atoms with van der Waals surface area (Å²) in [5.41, 5.74) is 5.51. The molecular formula is C24H25N5OS. The minimum absolute atomic E-state index is 0.0756. The molecule has 7 heteroatoms. The van der Waals surface area contributed by atoms with Crippen LogP contribution in [-0.4, -0.2) is 25.0 Å². The second-order valence-electron chi connectivity index (χ2n) is 8.72. The smallest absolute Gasteiger partial charge is 0.228 e. The first-order valence-electron chi connectivity index (χ1n) is 10.6. The number of rotatable bonds is 5. The van der Waals surface area contributed by atoms with Crippen molar-refractivity contribution >= 4 is 33.3 Å². The van der Waals surface area contributed by atoms with E-state index in [0.29, 0.717) is 11.8 Å². The van der Waals surface area contributed by atoms with Gasteiger partial charge in [0.2, 0.25) is 5.91 Å². The Morgan fingerprint density at radius 1 is 1.26 bits per heavy atom. The number of carbonyl (C=O) groups excluding carboxylic acids is 1. The van der Waals surface area contributed by atoms with Crippen LogP contribution in [0.2, 0.25) is 0 Å². The van der Waals surface area contributed by atoms with E-state index in [1.807, 2.05) is 48.3 Å². The third-order valence-electron chi connectivity index (χ3n) is 5.89. The highest BCUT2D eigenvalue weighted by atomic mass is 32.1. The minimum atomic E-state index is 0.0756. The van der Waals surface area contributed by atoms with E-state index < -0.39 is 0 Å². The van der Waals surface area contributed by atoms with E-state index >= 15 is 0 Å². The monoisotopic (exact) mass is 431 g/mol. The summed E-state index contributed by atoms with van der Waals surface area (Å²) in [6.07, 6.45) is 2.95. The number of pyridine rings is 1. The van der Waals surface area contributed by atoms with Crippen LogP contribution < -0.4 is 5.32 Å². The average molecular weight is 432 g/mol. The maximum absolute atomic E-state index is 12.7. The van der Waals surface area contributed by atoms with Crippen molar-refractivity contribution in [3.05, 3.63) is 48.3 Å². The van der Waals surface area contributed by atoms with E-state index in [1.165, 1.54) is 11.5 Å². The summed E-state index contributed by atoms with van der Waals surface area (Å²) >= 11 is 1.32. The molecule has 158 valence electrons. The zero-order valence-corrected chi connectivity index (χ0v) is 18.9. The van der Waals surface area contributed by atoms with Gasteiger partial charge in [-0.1, -0.05) is 32.9 Å². The van der Waals surface area contributed by atoms with Crippen LogP contribution in [0.25, 0.3) is 33.4 Å². The van der Waals surface area contributed by atoms with Crippen molar-refractivity contribution in [3.63, 3.8) is 0 Å². The van der Waals surface area contributed by atoms with Gasteiger partial charge in [0.25, 0.3) is 0 Å². The molecule has 1 saturated carbocycles. The molecule has 1 N–H and O–H groups in total. The summed E-state index contributed by atoms with van der Waals surface area (Å²) in [5.74, 6) is 0.935. The molecule has 0 aliphatic heterocycles. The molecule has 4 aromatic rings. The predicted octanol–water partition coefficient (Wildman–Crippen LogP) is 5.48. The molecule has 6 nitrogen and oxygen atoms in total. The standard InChI is InChI=1S/C24H25N5OS/c1-13(2)18-6-5-7-20(25-18)21-22(15-8-9-19-16(11-15)12-29(4)27-19)28-31-24(21)26-23(30)17-10-14(17)3/h5-9,11-14,17H,10H2,1-4H3,(H,26,30)/t14-,17?/m1/s1. The van der Waals surface area contributed by atoms with E-state index in [4.69, 9.17) is 9.36 Å². The summed E-state index contributed by atoms with van der Waals surface area (Å²) in [6.45, 7) is 6.37. The number of fused-ring (bicyclic) bond motifs is 1. The molecule has 2 atom stereocenters. The van der Waals surface area contributed by atoms with Crippen LogP contribution in [0.3, 0.4) is 0 Å². The normalized spacial score (nSPS) is 18.0. The van der Waals surface area contributed by atoms with Crippen molar-refractivity contribution < 1.29 is 4.79 Å². The van der Waals surface area contributed by atoms with Gasteiger partial charge in [0.05, 0.1) is 22.5 Å². The van der Waals surface area contributed by atoms with Gasteiger partial charge in [0, 0.05) is 35.8 Å². The number of carbonyl (C=O) groups is 1. The summed E-state index contributed by atoms with van der Waals surface area (Å²) in [4.78, 5) is 17.6. The Balaban J connectivity index is 1.63. The molecular weight excluding hydrogens is 406 g/mol. The number of hydrogen-bond donors (Lipinski definition) is 1. The van der Waals surface area contributed by atoms with Gasteiger partial charge in [-0.3, -0.25) is 14.5 Å². The molecule has 1 amide bonds. The van der Waals surface area contributed by atoms with Gasteiger partial charge in [-0.15, -0.1) is 0 Å². The van der Waals surface area contributed by atoms with Crippen LogP contribution in [0.4, 0.5) is 5.00 Å². The van der Waals surface area contributed by atoms with Gasteiger partial charge in [-0.05, 0) is 54.1 Å². The Kier molecular flexibility index (Phi) is 4.85. The first-order valence-corrected chi connectivity index (χ1v) is 11.4. The lowest BCUT2D eigenvalue weighted by atomic mass is 10.0. The molecule has 1 unspecified atom stereocenters. The molecule has 1 aromatic carbocycles. The molecule has 1 aliphatic carbocycles. The summed E-state index contributed by atoms with van der Waals surface area (Å²) < 4.78 is 6.57. The molecule has 1 fully saturated rings. The van der Waals surface area contributed by atoms with Gasteiger partial charge in [0.1, 0.15) is 5.00 Å². The number of nitrogens with one attached hydrogen (secondary N) is 1. The molecule has 0 spiro atoms. The molecule has 0 saturated heterocycles. The predicted molar refractivity (Wildman–Crippen MR) is 125 cm³/mol. The van der Waals surface area contributed by atoms with Crippen molar-refractivity contribution in [2.45, 2.75) is 33.1 Å². The maximum Gasteiger partial charge on any atom is 0.228 e. The van der Waals surface area contributed by atoms with Crippen molar-refractivity contribution in [2.24, 2.45) is 18.9 Å². The second kappa shape index (κ2) is 7.57. The van der Waals surface area contributed by atoms with Gasteiger partial charge >= 0.3 is 0 Å². The number of amides is 1. The number of nitrogens with zero attached hydrogens (tertiary/aromatic N) is 4. The van der Waals surface area contributed by atoms with Crippen LogP contribution in [0.15, 0.2) is 42.6 Å². The molecule has 3 aromatic heterocycles. The Hall–Kier alpha value is -3.06. The fourth-order valence-electron chi connectivity index (χ4n) is 3.91. The molecule has 1 aliphatic rings. The molecule has 31 heavy (non-hydrogen) atoms. The highest BCUT2D eigenvalue weighted by Gasteiger charge is 2.39. The number of hydrogen-bond acceptors (Lipinski definition) is 5. The van der Waals surface area contributed by atoms with Gasteiger partial charge in [-0.2, -0.15) is 9.47 Å². The Bertz CT molecular complexity index is 1290. The first kappa shape index (κ1) is 19.9. The second-order valence-corrected chi connectivity index (χ2v) is 9.50. The average Bonchev–Trinajstić information content (AvgIpc) is 3.16. The highest BCUT2D eigenvalue weighted by molar-refractivity contribution is 7.11. The lowest BCUT2D eigenvalue weighted by molar-refractivity contribution is -0.117. The van der Waals surface area contributed by atoms with Gasteiger partial charge in [-0.25, -0.2) is 0 Å². The topological polar surface area (TPSA) is 72.7 Å². The van der Waals surface area contributed by atoms with Crippen LogP contribution in [0.5, 0.6) is 0 Å².